The van der Waals surface area contributed by atoms with E-state index in [1.807, 2.05) is 0 Å². The maximum absolute atomic E-state index is 5.42. The highest BCUT2D eigenvalue weighted by atomic mass is 16.5. The predicted molar refractivity (Wildman–Crippen MR) is 81.7 cm³/mol. The third kappa shape index (κ3) is 4.05. The second-order valence-electron chi connectivity index (χ2n) is 6.17. The van der Waals surface area contributed by atoms with E-state index in [1.54, 1.807) is 0 Å². The van der Waals surface area contributed by atoms with Crippen molar-refractivity contribution < 1.29 is 4.74 Å². The van der Waals surface area contributed by atoms with Crippen LogP contribution in [0.1, 0.15) is 24.8 Å². The van der Waals surface area contributed by atoms with Gasteiger partial charge in [0.1, 0.15) is 0 Å². The van der Waals surface area contributed by atoms with Gasteiger partial charge in [0.15, 0.2) is 0 Å². The molecule has 0 aromatic heterocycles. The van der Waals surface area contributed by atoms with Crippen molar-refractivity contribution in [3.8, 4) is 0 Å². The third-order valence-corrected chi connectivity index (χ3v) is 4.56. The van der Waals surface area contributed by atoms with Gasteiger partial charge in [0.25, 0.3) is 0 Å². The topological polar surface area (TPSA) is 24.5 Å². The normalized spacial score (nSPS) is 25.1. The Balaban J connectivity index is 1.38. The van der Waals surface area contributed by atoms with E-state index in [2.05, 4.69) is 40.5 Å². The first-order valence-corrected chi connectivity index (χ1v) is 7.97. The molecule has 1 unspecified atom stereocenters. The first-order valence-electron chi connectivity index (χ1n) is 7.97. The fourth-order valence-electron chi connectivity index (χ4n) is 3.27. The lowest BCUT2D eigenvalue weighted by Crippen LogP contribution is -2.37. The summed E-state index contributed by atoms with van der Waals surface area (Å²) in [5.74, 6) is 0.826. The number of rotatable bonds is 5. The summed E-state index contributed by atoms with van der Waals surface area (Å²) in [6.45, 7) is 6.59. The lowest BCUT2D eigenvalue weighted by Gasteiger charge is -2.24. The number of benzene rings is 1. The first-order chi connectivity index (χ1) is 9.90. The Labute approximate surface area is 122 Å². The Morgan fingerprint density at radius 2 is 1.90 bits per heavy atom. The van der Waals surface area contributed by atoms with Crippen LogP contribution in [0.4, 0.5) is 0 Å². The van der Waals surface area contributed by atoms with Gasteiger partial charge >= 0.3 is 0 Å². The zero-order valence-electron chi connectivity index (χ0n) is 12.3. The van der Waals surface area contributed by atoms with E-state index >= 15 is 0 Å². The Morgan fingerprint density at radius 1 is 1.10 bits per heavy atom. The monoisotopic (exact) mass is 274 g/mol. The minimum absolute atomic E-state index is 0.682. The van der Waals surface area contributed by atoms with E-state index in [1.165, 1.54) is 44.5 Å². The molecule has 1 atom stereocenters. The van der Waals surface area contributed by atoms with Gasteiger partial charge in [-0.05, 0) is 37.3 Å². The number of hydrogen-bond acceptors (Lipinski definition) is 3. The molecule has 1 aromatic carbocycles. The van der Waals surface area contributed by atoms with E-state index in [9.17, 15) is 0 Å². The van der Waals surface area contributed by atoms with Crippen LogP contribution < -0.4 is 5.32 Å². The van der Waals surface area contributed by atoms with Gasteiger partial charge in [-0.25, -0.2) is 0 Å². The molecule has 2 heterocycles. The smallest absolute Gasteiger partial charge is 0.0469 e. The average molecular weight is 274 g/mol. The van der Waals surface area contributed by atoms with E-state index in [-0.39, 0.29) is 0 Å². The predicted octanol–water partition coefficient (Wildman–Crippen LogP) is 2.28. The van der Waals surface area contributed by atoms with E-state index in [4.69, 9.17) is 4.74 Å². The number of likely N-dealkylation sites (tertiary alicyclic amines) is 1. The van der Waals surface area contributed by atoms with Crippen molar-refractivity contribution >= 4 is 0 Å². The van der Waals surface area contributed by atoms with Crippen LogP contribution in [-0.4, -0.2) is 43.8 Å². The molecule has 3 heteroatoms. The van der Waals surface area contributed by atoms with Gasteiger partial charge in [-0.15, -0.1) is 0 Å². The number of nitrogens with zero attached hydrogens (tertiary/aromatic N) is 1. The summed E-state index contributed by atoms with van der Waals surface area (Å²) in [6, 6.07) is 11.5. The van der Waals surface area contributed by atoms with Crippen LogP contribution in [0, 0.1) is 5.92 Å². The molecule has 1 aromatic rings. The van der Waals surface area contributed by atoms with Crippen molar-refractivity contribution in [1.29, 1.82) is 0 Å². The SMILES string of the molecule is c1ccc(CN2CCC(NCC3CCOCC3)C2)cc1. The summed E-state index contributed by atoms with van der Waals surface area (Å²) in [5.41, 5.74) is 1.43. The molecule has 0 spiro atoms. The van der Waals surface area contributed by atoms with E-state index in [0.717, 1.165) is 25.7 Å². The number of nitrogens with one attached hydrogen (secondary N) is 1. The Morgan fingerprint density at radius 3 is 2.70 bits per heavy atom. The second kappa shape index (κ2) is 7.21. The van der Waals surface area contributed by atoms with Crippen molar-refractivity contribution in [2.75, 3.05) is 32.8 Å². The molecular weight excluding hydrogens is 248 g/mol. The average Bonchev–Trinajstić information content (AvgIpc) is 2.95. The van der Waals surface area contributed by atoms with E-state index in [0.29, 0.717) is 6.04 Å². The highest BCUT2D eigenvalue weighted by molar-refractivity contribution is 5.14. The van der Waals surface area contributed by atoms with Crippen LogP contribution in [0.3, 0.4) is 0 Å². The van der Waals surface area contributed by atoms with Gasteiger partial charge in [0.05, 0.1) is 0 Å². The minimum Gasteiger partial charge on any atom is -0.381 e. The van der Waals surface area contributed by atoms with Crippen LogP contribution >= 0.6 is 0 Å². The van der Waals surface area contributed by atoms with Crippen molar-refractivity contribution in [2.45, 2.75) is 31.8 Å². The molecule has 2 fully saturated rings. The molecule has 1 N–H and O–H groups in total. The summed E-state index contributed by atoms with van der Waals surface area (Å²) < 4.78 is 5.42. The molecule has 0 saturated carbocycles. The van der Waals surface area contributed by atoms with Gasteiger partial charge in [-0.1, -0.05) is 30.3 Å². The molecule has 0 radical (unpaired) electrons. The van der Waals surface area contributed by atoms with Crippen molar-refractivity contribution in [3.05, 3.63) is 35.9 Å². The molecule has 2 aliphatic heterocycles. The Kier molecular flexibility index (Phi) is 5.06. The quantitative estimate of drug-likeness (QED) is 0.891. The number of ether oxygens (including phenoxy) is 1. The van der Waals surface area contributed by atoms with Gasteiger partial charge in [-0.3, -0.25) is 4.90 Å². The fourth-order valence-corrected chi connectivity index (χ4v) is 3.27. The third-order valence-electron chi connectivity index (χ3n) is 4.56. The summed E-state index contributed by atoms with van der Waals surface area (Å²) in [6.07, 6.45) is 3.75. The summed E-state index contributed by atoms with van der Waals surface area (Å²) >= 11 is 0. The molecule has 20 heavy (non-hydrogen) atoms. The molecule has 110 valence electrons. The van der Waals surface area contributed by atoms with Crippen LogP contribution in [0.25, 0.3) is 0 Å². The summed E-state index contributed by atoms with van der Waals surface area (Å²) in [4.78, 5) is 2.57. The van der Waals surface area contributed by atoms with Gasteiger partial charge in [0, 0.05) is 38.9 Å². The maximum atomic E-state index is 5.42. The van der Waals surface area contributed by atoms with Crippen LogP contribution in [0.2, 0.25) is 0 Å². The lowest BCUT2D eigenvalue weighted by molar-refractivity contribution is 0.0655. The maximum Gasteiger partial charge on any atom is 0.0469 e. The van der Waals surface area contributed by atoms with Crippen molar-refractivity contribution in [1.82, 2.24) is 10.2 Å². The summed E-state index contributed by atoms with van der Waals surface area (Å²) in [7, 11) is 0. The van der Waals surface area contributed by atoms with Crippen LogP contribution in [0.5, 0.6) is 0 Å². The van der Waals surface area contributed by atoms with Gasteiger partial charge in [0.2, 0.25) is 0 Å². The van der Waals surface area contributed by atoms with Crippen molar-refractivity contribution in [2.24, 2.45) is 5.92 Å². The van der Waals surface area contributed by atoms with Crippen LogP contribution in [-0.2, 0) is 11.3 Å². The molecule has 3 nitrogen and oxygen atoms in total. The highest BCUT2D eigenvalue weighted by Gasteiger charge is 2.23. The van der Waals surface area contributed by atoms with E-state index < -0.39 is 0 Å². The van der Waals surface area contributed by atoms with Gasteiger partial charge < -0.3 is 10.1 Å². The summed E-state index contributed by atoms with van der Waals surface area (Å²) in [5, 5.41) is 3.77. The zero-order chi connectivity index (χ0) is 13.6. The molecule has 3 rings (SSSR count). The number of hydrogen-bond donors (Lipinski definition) is 1. The largest absolute Gasteiger partial charge is 0.381 e. The molecule has 0 bridgehead atoms. The highest BCUT2D eigenvalue weighted by Crippen LogP contribution is 2.16. The van der Waals surface area contributed by atoms with Gasteiger partial charge in [-0.2, -0.15) is 0 Å². The molecule has 2 aliphatic rings. The molecule has 2 saturated heterocycles. The second-order valence-corrected chi connectivity index (χ2v) is 6.17. The van der Waals surface area contributed by atoms with Crippen molar-refractivity contribution in [3.63, 3.8) is 0 Å². The Hall–Kier alpha value is -0.900. The molecular formula is C17H26N2O. The Bertz CT molecular complexity index is 389. The molecule has 0 aliphatic carbocycles. The first kappa shape index (κ1) is 14.1. The minimum atomic E-state index is 0.682. The fraction of sp³-hybridized carbons (Fsp3) is 0.647. The van der Waals surface area contributed by atoms with Crippen LogP contribution in [0.15, 0.2) is 30.3 Å². The zero-order valence-corrected chi connectivity index (χ0v) is 12.3. The molecule has 0 amide bonds. The lowest BCUT2D eigenvalue weighted by atomic mass is 10.00. The standard InChI is InChI=1S/C17H26N2O/c1-2-4-16(5-3-1)13-19-9-6-17(14-19)18-12-15-7-10-20-11-8-15/h1-5,15,17-18H,6-14H2.